The third kappa shape index (κ3) is 2.52. The molecule has 2 aromatic rings. The van der Waals surface area contributed by atoms with Gasteiger partial charge in [-0.25, -0.2) is 0 Å². The highest BCUT2D eigenvalue weighted by Gasteiger charge is 2.12. The Balaban J connectivity index is 2.72. The van der Waals surface area contributed by atoms with E-state index in [1.165, 1.54) is 0 Å². The summed E-state index contributed by atoms with van der Waals surface area (Å²) in [6.45, 7) is 1.99. The van der Waals surface area contributed by atoms with E-state index in [2.05, 4.69) is 0 Å². The molecule has 17 heavy (non-hydrogen) atoms. The molecule has 4 heteroatoms. The molecule has 0 aliphatic heterocycles. The lowest BCUT2D eigenvalue weighted by molar-refractivity contribution is 1.47. The van der Waals surface area contributed by atoms with Crippen molar-refractivity contribution in [2.75, 3.05) is 5.73 Å². The number of halogens is 3. The molecule has 2 N–H and O–H groups in total. The summed E-state index contributed by atoms with van der Waals surface area (Å²) in [5.74, 6) is 0. The SMILES string of the molecule is Cc1ccc(N)c(-c2c(Cl)cc(Cl)cc2Cl)c1. The van der Waals surface area contributed by atoms with Crippen molar-refractivity contribution in [2.24, 2.45) is 0 Å². The fourth-order valence-corrected chi connectivity index (χ4v) is 2.71. The van der Waals surface area contributed by atoms with Crippen LogP contribution in [0.5, 0.6) is 0 Å². The lowest BCUT2D eigenvalue weighted by atomic mass is 10.0. The van der Waals surface area contributed by atoms with Crippen LogP contribution in [0.3, 0.4) is 0 Å². The summed E-state index contributed by atoms with van der Waals surface area (Å²) in [6, 6.07) is 9.05. The molecule has 1 nitrogen and oxygen atoms in total. The van der Waals surface area contributed by atoms with Crippen molar-refractivity contribution < 1.29 is 0 Å². The van der Waals surface area contributed by atoms with Crippen molar-refractivity contribution in [3.63, 3.8) is 0 Å². The summed E-state index contributed by atoms with van der Waals surface area (Å²) in [6.07, 6.45) is 0. The van der Waals surface area contributed by atoms with Gasteiger partial charge >= 0.3 is 0 Å². The second-order valence-corrected chi connectivity index (χ2v) is 5.09. The minimum absolute atomic E-state index is 0.500. The largest absolute Gasteiger partial charge is 0.398 e. The molecule has 2 rings (SSSR count). The Hall–Kier alpha value is -0.890. The van der Waals surface area contributed by atoms with Gasteiger partial charge in [0.15, 0.2) is 0 Å². The zero-order valence-corrected chi connectivity index (χ0v) is 11.4. The van der Waals surface area contributed by atoms with Gasteiger partial charge in [0.25, 0.3) is 0 Å². The Morgan fingerprint density at radius 2 is 1.53 bits per heavy atom. The van der Waals surface area contributed by atoms with Crippen molar-refractivity contribution >= 4 is 40.5 Å². The van der Waals surface area contributed by atoms with Crippen LogP contribution in [0, 0.1) is 6.92 Å². The fourth-order valence-electron chi connectivity index (χ4n) is 1.69. The molecule has 0 saturated carbocycles. The number of nitrogens with two attached hydrogens (primary N) is 1. The van der Waals surface area contributed by atoms with Gasteiger partial charge in [-0.1, -0.05) is 46.4 Å². The quantitative estimate of drug-likeness (QED) is 0.716. The van der Waals surface area contributed by atoms with E-state index in [1.54, 1.807) is 12.1 Å². The monoisotopic (exact) mass is 285 g/mol. The summed E-state index contributed by atoms with van der Waals surface area (Å²) in [5, 5.41) is 1.51. The van der Waals surface area contributed by atoms with Gasteiger partial charge in [0.05, 0.1) is 10.0 Å². The van der Waals surface area contributed by atoms with E-state index < -0.39 is 0 Å². The maximum atomic E-state index is 6.17. The second kappa shape index (κ2) is 4.77. The first kappa shape index (κ1) is 12.6. The minimum atomic E-state index is 0.500. The maximum Gasteiger partial charge on any atom is 0.0514 e. The molecule has 2 aromatic carbocycles. The predicted octanol–water partition coefficient (Wildman–Crippen LogP) is 5.20. The average Bonchev–Trinajstić information content (AvgIpc) is 2.21. The first-order chi connectivity index (χ1) is 7.99. The van der Waals surface area contributed by atoms with E-state index in [0.717, 1.165) is 16.7 Å². The number of rotatable bonds is 1. The molecule has 0 spiro atoms. The molecule has 0 bridgehead atoms. The summed E-state index contributed by atoms with van der Waals surface area (Å²) in [7, 11) is 0. The number of aryl methyl sites for hydroxylation is 1. The molecule has 0 saturated heterocycles. The van der Waals surface area contributed by atoms with Gasteiger partial charge in [0, 0.05) is 21.8 Å². The lowest BCUT2D eigenvalue weighted by Gasteiger charge is -2.11. The molecular weight excluding hydrogens is 277 g/mol. The first-order valence-corrected chi connectivity index (χ1v) is 6.13. The van der Waals surface area contributed by atoms with Gasteiger partial charge in [-0.15, -0.1) is 0 Å². The van der Waals surface area contributed by atoms with Gasteiger partial charge < -0.3 is 5.73 Å². The van der Waals surface area contributed by atoms with E-state index in [1.807, 2.05) is 25.1 Å². The van der Waals surface area contributed by atoms with Gasteiger partial charge in [-0.2, -0.15) is 0 Å². The van der Waals surface area contributed by atoms with E-state index in [9.17, 15) is 0 Å². The van der Waals surface area contributed by atoms with Crippen LogP contribution in [0.1, 0.15) is 5.56 Å². The summed E-state index contributed by atoms with van der Waals surface area (Å²) < 4.78 is 0. The van der Waals surface area contributed by atoms with Gasteiger partial charge in [-0.3, -0.25) is 0 Å². The van der Waals surface area contributed by atoms with E-state index in [-0.39, 0.29) is 0 Å². The normalized spacial score (nSPS) is 10.6. The Labute approximate surface area is 115 Å². The van der Waals surface area contributed by atoms with Crippen LogP contribution in [0.15, 0.2) is 30.3 Å². The predicted molar refractivity (Wildman–Crippen MR) is 76.1 cm³/mol. The Morgan fingerprint density at radius 1 is 0.941 bits per heavy atom. The molecule has 0 radical (unpaired) electrons. The molecule has 0 atom stereocenters. The summed E-state index contributed by atoms with van der Waals surface area (Å²) >= 11 is 18.2. The maximum absolute atomic E-state index is 6.17. The highest BCUT2D eigenvalue weighted by atomic mass is 35.5. The Morgan fingerprint density at radius 3 is 2.12 bits per heavy atom. The second-order valence-electron chi connectivity index (χ2n) is 3.84. The molecule has 0 aliphatic carbocycles. The van der Waals surface area contributed by atoms with Gasteiger partial charge in [-0.05, 0) is 31.2 Å². The fraction of sp³-hybridized carbons (Fsp3) is 0.0769. The van der Waals surface area contributed by atoms with Gasteiger partial charge in [0.2, 0.25) is 0 Å². The van der Waals surface area contributed by atoms with E-state index >= 15 is 0 Å². The number of anilines is 1. The van der Waals surface area contributed by atoms with Crippen LogP contribution in [0.25, 0.3) is 11.1 Å². The standard InChI is InChI=1S/C13H10Cl3N/c1-7-2-3-12(17)9(4-7)13-10(15)5-8(14)6-11(13)16/h2-6H,17H2,1H3. The third-order valence-corrected chi connectivity index (χ3v) is 3.30. The summed E-state index contributed by atoms with van der Waals surface area (Å²) in [4.78, 5) is 0. The Kier molecular flexibility index (Phi) is 3.53. The van der Waals surface area contributed by atoms with Crippen LogP contribution in [0.2, 0.25) is 15.1 Å². The van der Waals surface area contributed by atoms with E-state index in [0.29, 0.717) is 20.8 Å². The topological polar surface area (TPSA) is 26.0 Å². The van der Waals surface area contributed by atoms with Crippen LogP contribution < -0.4 is 5.73 Å². The van der Waals surface area contributed by atoms with Crippen molar-refractivity contribution in [3.05, 3.63) is 51.0 Å². The molecule has 0 unspecified atom stereocenters. The zero-order chi connectivity index (χ0) is 12.6. The van der Waals surface area contributed by atoms with Crippen LogP contribution in [-0.4, -0.2) is 0 Å². The number of nitrogen functional groups attached to an aromatic ring is 1. The molecule has 0 heterocycles. The minimum Gasteiger partial charge on any atom is -0.398 e. The van der Waals surface area contributed by atoms with Crippen molar-refractivity contribution in [1.82, 2.24) is 0 Å². The van der Waals surface area contributed by atoms with Crippen LogP contribution >= 0.6 is 34.8 Å². The van der Waals surface area contributed by atoms with Crippen LogP contribution in [0.4, 0.5) is 5.69 Å². The highest BCUT2D eigenvalue weighted by molar-refractivity contribution is 6.42. The molecule has 88 valence electrons. The van der Waals surface area contributed by atoms with Crippen molar-refractivity contribution in [2.45, 2.75) is 6.92 Å². The smallest absolute Gasteiger partial charge is 0.0514 e. The van der Waals surface area contributed by atoms with E-state index in [4.69, 9.17) is 40.5 Å². The van der Waals surface area contributed by atoms with Crippen LogP contribution in [-0.2, 0) is 0 Å². The zero-order valence-electron chi connectivity index (χ0n) is 9.10. The average molecular weight is 287 g/mol. The lowest BCUT2D eigenvalue weighted by Crippen LogP contribution is -1.92. The number of hydrogen-bond donors (Lipinski definition) is 1. The van der Waals surface area contributed by atoms with Crippen molar-refractivity contribution in [3.8, 4) is 11.1 Å². The number of hydrogen-bond acceptors (Lipinski definition) is 1. The first-order valence-electron chi connectivity index (χ1n) is 5.00. The third-order valence-electron chi connectivity index (χ3n) is 2.49. The summed E-state index contributed by atoms with van der Waals surface area (Å²) in [5.41, 5.74) is 9.23. The Bertz CT molecular complexity index is 556. The molecule has 0 aliphatic rings. The molecule has 0 aromatic heterocycles. The number of benzene rings is 2. The van der Waals surface area contributed by atoms with Crippen molar-refractivity contribution in [1.29, 1.82) is 0 Å². The molecule has 0 fully saturated rings. The molecule has 0 amide bonds. The molecular formula is C13H10Cl3N. The van der Waals surface area contributed by atoms with Gasteiger partial charge in [0.1, 0.15) is 0 Å². The highest BCUT2D eigenvalue weighted by Crippen LogP contribution is 2.39.